The van der Waals surface area contributed by atoms with Gasteiger partial charge in [-0.2, -0.15) is 0 Å². The summed E-state index contributed by atoms with van der Waals surface area (Å²) >= 11 is 0. The van der Waals surface area contributed by atoms with Crippen LogP contribution in [0.2, 0.25) is 0 Å². The molecule has 1 aromatic rings. The lowest BCUT2D eigenvalue weighted by Gasteiger charge is -2.26. The molecule has 1 aliphatic heterocycles. The monoisotopic (exact) mass is 428 g/mol. The van der Waals surface area contributed by atoms with Crippen LogP contribution >= 0.6 is 0 Å². The van der Waals surface area contributed by atoms with E-state index in [2.05, 4.69) is 17.6 Å². The summed E-state index contributed by atoms with van der Waals surface area (Å²) in [7, 11) is 0. The van der Waals surface area contributed by atoms with E-state index in [1.54, 1.807) is 0 Å². The molecule has 0 bridgehead atoms. The number of amides is 1. The van der Waals surface area contributed by atoms with Gasteiger partial charge >= 0.3 is 0 Å². The second kappa shape index (κ2) is 13.4. The van der Waals surface area contributed by atoms with E-state index in [1.165, 1.54) is 38.5 Å². The molecule has 1 aromatic carbocycles. The van der Waals surface area contributed by atoms with E-state index >= 15 is 0 Å². The zero-order chi connectivity index (χ0) is 21.7. The topological polar surface area (TPSA) is 66.0 Å². The second-order valence-electron chi connectivity index (χ2n) is 8.66. The Morgan fingerprint density at radius 2 is 1.74 bits per heavy atom. The van der Waals surface area contributed by atoms with Crippen LogP contribution in [0.4, 0.5) is 0 Å². The molecule has 1 saturated carbocycles. The minimum atomic E-state index is 0.153. The highest BCUT2D eigenvalue weighted by molar-refractivity contribution is 5.94. The van der Waals surface area contributed by atoms with Gasteiger partial charge < -0.3 is 20.3 Å². The zero-order valence-electron chi connectivity index (χ0n) is 19.2. The Morgan fingerprint density at radius 1 is 1.03 bits per heavy atom. The molecule has 1 heterocycles. The normalized spacial score (nSPS) is 18.1. The minimum Gasteiger partial charge on any atom is -0.378 e. The number of hydrogen-bond acceptors (Lipinski definition) is 3. The number of rotatable bonds is 9. The lowest BCUT2D eigenvalue weighted by atomic mass is 9.98. The van der Waals surface area contributed by atoms with Crippen LogP contribution in [-0.4, -0.2) is 55.7 Å². The number of carbonyl (C=O) groups excluding carboxylic acids is 1. The first-order valence-corrected chi connectivity index (χ1v) is 12.3. The number of carbonyl (C=O) groups is 1. The third kappa shape index (κ3) is 8.17. The average molecular weight is 429 g/mol. The van der Waals surface area contributed by atoms with Gasteiger partial charge in [0.05, 0.1) is 12.6 Å². The molecule has 1 amide bonds. The lowest BCUT2D eigenvalue weighted by molar-refractivity contribution is 0.0277. The van der Waals surface area contributed by atoms with Crippen molar-refractivity contribution in [1.82, 2.24) is 15.5 Å². The Morgan fingerprint density at radius 3 is 2.45 bits per heavy atom. The number of piperidine rings is 1. The summed E-state index contributed by atoms with van der Waals surface area (Å²) in [6.45, 7) is 6.91. The summed E-state index contributed by atoms with van der Waals surface area (Å²) in [6.07, 6.45) is 11.4. The predicted octanol–water partition coefficient (Wildman–Crippen LogP) is 4.11. The molecule has 0 aromatic heterocycles. The van der Waals surface area contributed by atoms with E-state index in [-0.39, 0.29) is 5.91 Å². The van der Waals surface area contributed by atoms with Crippen LogP contribution in [-0.2, 0) is 11.3 Å². The zero-order valence-corrected chi connectivity index (χ0v) is 19.2. The highest BCUT2D eigenvalue weighted by Gasteiger charge is 2.17. The number of hydrogen-bond donors (Lipinski definition) is 2. The molecule has 0 unspecified atom stereocenters. The van der Waals surface area contributed by atoms with Crippen molar-refractivity contribution in [2.24, 2.45) is 4.99 Å². The average Bonchev–Trinajstić information content (AvgIpc) is 2.83. The van der Waals surface area contributed by atoms with Crippen molar-refractivity contribution in [3.63, 3.8) is 0 Å². The molecule has 2 fully saturated rings. The molecule has 172 valence electrons. The van der Waals surface area contributed by atoms with Crippen LogP contribution in [0.25, 0.3) is 0 Å². The summed E-state index contributed by atoms with van der Waals surface area (Å²) in [4.78, 5) is 19.3. The molecule has 1 saturated heterocycles. The molecule has 2 N–H and O–H groups in total. The molecular formula is C25H40N4O2. The van der Waals surface area contributed by atoms with Crippen LogP contribution in [0.15, 0.2) is 29.3 Å². The Balaban J connectivity index is 1.40. The SMILES string of the molecule is CCNC(=NCc1ccc(C(=O)N2CCCCC2)cc1)NCCCOC1CCCCC1. The number of guanidine groups is 1. The second-order valence-corrected chi connectivity index (χ2v) is 8.66. The molecule has 3 rings (SSSR count). The first-order chi connectivity index (χ1) is 15.3. The number of benzene rings is 1. The maximum Gasteiger partial charge on any atom is 0.253 e. The summed E-state index contributed by atoms with van der Waals surface area (Å²) in [6, 6.07) is 7.90. The summed E-state index contributed by atoms with van der Waals surface area (Å²) < 4.78 is 6.00. The van der Waals surface area contributed by atoms with Crippen molar-refractivity contribution in [2.45, 2.75) is 77.4 Å². The van der Waals surface area contributed by atoms with E-state index in [0.29, 0.717) is 12.6 Å². The third-order valence-corrected chi connectivity index (χ3v) is 6.13. The van der Waals surface area contributed by atoms with E-state index < -0.39 is 0 Å². The Labute approximate surface area is 187 Å². The van der Waals surface area contributed by atoms with E-state index in [1.807, 2.05) is 29.2 Å². The Bertz CT molecular complexity index is 677. The van der Waals surface area contributed by atoms with Gasteiger partial charge in [-0.3, -0.25) is 4.79 Å². The first kappa shape index (κ1) is 23.6. The van der Waals surface area contributed by atoms with Crippen LogP contribution in [0, 0.1) is 0 Å². The van der Waals surface area contributed by atoms with Crippen LogP contribution < -0.4 is 10.6 Å². The van der Waals surface area contributed by atoms with Gasteiger partial charge in [-0.05, 0) is 63.1 Å². The number of nitrogens with one attached hydrogen (secondary N) is 2. The number of ether oxygens (including phenoxy) is 1. The fourth-order valence-electron chi connectivity index (χ4n) is 4.31. The standard InChI is InChI=1S/C25H40N4O2/c1-2-26-25(27-16-9-19-31-23-10-5-3-6-11-23)28-20-21-12-14-22(15-13-21)24(30)29-17-7-4-8-18-29/h12-15,23H,2-11,16-20H2,1H3,(H2,26,27,28). The molecule has 0 spiro atoms. The van der Waals surface area contributed by atoms with Crippen molar-refractivity contribution in [3.05, 3.63) is 35.4 Å². The largest absolute Gasteiger partial charge is 0.378 e. The van der Waals surface area contributed by atoms with Crippen molar-refractivity contribution >= 4 is 11.9 Å². The van der Waals surface area contributed by atoms with Gasteiger partial charge in [0.1, 0.15) is 0 Å². The molecule has 31 heavy (non-hydrogen) atoms. The fourth-order valence-corrected chi connectivity index (χ4v) is 4.31. The maximum atomic E-state index is 12.6. The third-order valence-electron chi connectivity index (χ3n) is 6.13. The molecule has 0 radical (unpaired) electrons. The van der Waals surface area contributed by atoms with Crippen molar-refractivity contribution in [2.75, 3.05) is 32.8 Å². The Hall–Kier alpha value is -2.08. The predicted molar refractivity (Wildman–Crippen MR) is 126 cm³/mol. The highest BCUT2D eigenvalue weighted by Crippen LogP contribution is 2.20. The van der Waals surface area contributed by atoms with E-state index in [4.69, 9.17) is 9.73 Å². The van der Waals surface area contributed by atoms with Crippen molar-refractivity contribution in [3.8, 4) is 0 Å². The Kier molecular flexibility index (Phi) is 10.2. The van der Waals surface area contributed by atoms with E-state index in [0.717, 1.165) is 69.1 Å². The van der Waals surface area contributed by atoms with Gasteiger partial charge in [0.25, 0.3) is 5.91 Å². The van der Waals surface area contributed by atoms with Gasteiger partial charge in [-0.25, -0.2) is 4.99 Å². The van der Waals surface area contributed by atoms with Crippen molar-refractivity contribution in [1.29, 1.82) is 0 Å². The van der Waals surface area contributed by atoms with Gasteiger partial charge in [-0.1, -0.05) is 31.4 Å². The fraction of sp³-hybridized carbons (Fsp3) is 0.680. The molecule has 0 atom stereocenters. The van der Waals surface area contributed by atoms with Gasteiger partial charge in [0.2, 0.25) is 0 Å². The highest BCUT2D eigenvalue weighted by atomic mass is 16.5. The smallest absolute Gasteiger partial charge is 0.253 e. The van der Waals surface area contributed by atoms with Gasteiger partial charge in [-0.15, -0.1) is 0 Å². The number of nitrogens with zero attached hydrogens (tertiary/aromatic N) is 2. The molecule has 2 aliphatic rings. The summed E-state index contributed by atoms with van der Waals surface area (Å²) in [5.41, 5.74) is 1.88. The summed E-state index contributed by atoms with van der Waals surface area (Å²) in [5.74, 6) is 0.980. The molecular weight excluding hydrogens is 388 g/mol. The lowest BCUT2D eigenvalue weighted by Crippen LogP contribution is -2.38. The number of likely N-dealkylation sites (tertiary alicyclic amines) is 1. The molecule has 6 heteroatoms. The first-order valence-electron chi connectivity index (χ1n) is 12.3. The van der Waals surface area contributed by atoms with Crippen LogP contribution in [0.1, 0.15) is 80.6 Å². The molecule has 1 aliphatic carbocycles. The molecule has 6 nitrogen and oxygen atoms in total. The minimum absolute atomic E-state index is 0.153. The van der Waals surface area contributed by atoms with E-state index in [9.17, 15) is 4.79 Å². The number of aliphatic imine (C=N–C) groups is 1. The summed E-state index contributed by atoms with van der Waals surface area (Å²) in [5, 5.41) is 6.70. The van der Waals surface area contributed by atoms with Crippen LogP contribution in [0.3, 0.4) is 0 Å². The van der Waals surface area contributed by atoms with Gasteiger partial charge in [0, 0.05) is 38.3 Å². The maximum absolute atomic E-state index is 12.6. The van der Waals surface area contributed by atoms with Crippen LogP contribution in [0.5, 0.6) is 0 Å². The van der Waals surface area contributed by atoms with Crippen molar-refractivity contribution < 1.29 is 9.53 Å². The van der Waals surface area contributed by atoms with Gasteiger partial charge in [0.15, 0.2) is 5.96 Å². The quantitative estimate of drug-likeness (QED) is 0.353.